The second-order valence-corrected chi connectivity index (χ2v) is 7.54. The van der Waals surface area contributed by atoms with Gasteiger partial charge in [0.15, 0.2) is 0 Å². The molecule has 0 unspecified atom stereocenters. The van der Waals surface area contributed by atoms with Gasteiger partial charge in [0, 0.05) is 41.2 Å². The second kappa shape index (κ2) is 8.22. The standard InChI is InChI=1S/C23H20F4N4O/c1-3-31-12-18-17(22(31)32)8-9-28-21(18)30-13(2)14-4-6-16(19(24)10-14)15-5-7-20(29-11-15)23(25,26)27/h4-11,13H,3,12H2,1-2H3,(H,28,30)/t13-/m0/s1. The van der Waals surface area contributed by atoms with Crippen molar-refractivity contribution in [2.24, 2.45) is 0 Å². The van der Waals surface area contributed by atoms with Gasteiger partial charge in [-0.1, -0.05) is 18.2 Å². The topological polar surface area (TPSA) is 58.1 Å². The van der Waals surface area contributed by atoms with E-state index < -0.39 is 17.7 Å². The van der Waals surface area contributed by atoms with Crippen LogP contribution in [0.25, 0.3) is 11.1 Å². The minimum atomic E-state index is -4.55. The Bertz CT molecular complexity index is 1160. The van der Waals surface area contributed by atoms with Crippen molar-refractivity contribution in [1.82, 2.24) is 14.9 Å². The highest BCUT2D eigenvalue weighted by Gasteiger charge is 2.32. The molecule has 3 aromatic rings. The fourth-order valence-electron chi connectivity index (χ4n) is 3.71. The van der Waals surface area contributed by atoms with Crippen molar-refractivity contribution in [2.75, 3.05) is 11.9 Å². The third-order valence-corrected chi connectivity index (χ3v) is 5.52. The number of nitrogens with one attached hydrogen (secondary N) is 1. The molecule has 32 heavy (non-hydrogen) atoms. The van der Waals surface area contributed by atoms with Crippen LogP contribution < -0.4 is 5.32 Å². The Morgan fingerprint density at radius 1 is 1.12 bits per heavy atom. The van der Waals surface area contributed by atoms with Crippen molar-refractivity contribution in [2.45, 2.75) is 32.6 Å². The number of benzene rings is 1. The molecule has 1 aromatic carbocycles. The molecule has 4 rings (SSSR count). The van der Waals surface area contributed by atoms with E-state index >= 15 is 0 Å². The monoisotopic (exact) mass is 444 g/mol. The summed E-state index contributed by atoms with van der Waals surface area (Å²) >= 11 is 0. The summed E-state index contributed by atoms with van der Waals surface area (Å²) < 4.78 is 52.9. The van der Waals surface area contributed by atoms with Gasteiger partial charge in [0.25, 0.3) is 5.91 Å². The van der Waals surface area contributed by atoms with Gasteiger partial charge in [0.05, 0.1) is 12.6 Å². The van der Waals surface area contributed by atoms with Crippen molar-refractivity contribution in [3.05, 3.63) is 77.0 Å². The lowest BCUT2D eigenvalue weighted by molar-refractivity contribution is -0.141. The van der Waals surface area contributed by atoms with E-state index in [1.807, 2.05) is 13.8 Å². The third-order valence-electron chi connectivity index (χ3n) is 5.52. The fourth-order valence-corrected chi connectivity index (χ4v) is 3.71. The zero-order chi connectivity index (χ0) is 23.0. The lowest BCUT2D eigenvalue weighted by Crippen LogP contribution is -2.22. The summed E-state index contributed by atoms with van der Waals surface area (Å²) in [5.74, 6) is -0.0480. The molecule has 3 heterocycles. The predicted octanol–water partition coefficient (Wildman–Crippen LogP) is 5.45. The molecule has 0 fully saturated rings. The zero-order valence-corrected chi connectivity index (χ0v) is 17.4. The van der Waals surface area contributed by atoms with E-state index in [9.17, 15) is 22.4 Å². The molecule has 0 bridgehead atoms. The van der Waals surface area contributed by atoms with E-state index in [1.54, 1.807) is 23.2 Å². The van der Waals surface area contributed by atoms with Crippen LogP contribution in [0.5, 0.6) is 0 Å². The minimum absolute atomic E-state index is 0.0406. The Labute approximate surface area is 182 Å². The van der Waals surface area contributed by atoms with E-state index in [0.717, 1.165) is 17.8 Å². The molecule has 1 amide bonds. The lowest BCUT2D eigenvalue weighted by atomic mass is 10.0. The van der Waals surface area contributed by atoms with Crippen molar-refractivity contribution in [3.63, 3.8) is 0 Å². The van der Waals surface area contributed by atoms with Crippen LogP contribution in [0.2, 0.25) is 0 Å². The van der Waals surface area contributed by atoms with Gasteiger partial charge >= 0.3 is 6.18 Å². The smallest absolute Gasteiger partial charge is 0.363 e. The van der Waals surface area contributed by atoms with Gasteiger partial charge in [0.1, 0.15) is 17.3 Å². The van der Waals surface area contributed by atoms with E-state index in [4.69, 9.17) is 0 Å². The van der Waals surface area contributed by atoms with Gasteiger partial charge in [-0.3, -0.25) is 9.78 Å². The number of alkyl halides is 3. The van der Waals surface area contributed by atoms with Crippen molar-refractivity contribution >= 4 is 11.7 Å². The lowest BCUT2D eigenvalue weighted by Gasteiger charge is -2.18. The number of carbonyl (C=O) groups excluding carboxylic acids is 1. The molecule has 166 valence electrons. The van der Waals surface area contributed by atoms with Crippen molar-refractivity contribution < 1.29 is 22.4 Å². The summed E-state index contributed by atoms with van der Waals surface area (Å²) in [6.45, 7) is 4.79. The van der Waals surface area contributed by atoms with E-state index in [1.165, 1.54) is 18.2 Å². The average molecular weight is 444 g/mol. The van der Waals surface area contributed by atoms with Crippen molar-refractivity contribution in [3.8, 4) is 11.1 Å². The van der Waals surface area contributed by atoms with Crippen LogP contribution in [0.1, 0.15) is 47.1 Å². The maximum Gasteiger partial charge on any atom is 0.433 e. The fraction of sp³-hybridized carbons (Fsp3) is 0.261. The minimum Gasteiger partial charge on any atom is -0.363 e. The molecule has 0 spiro atoms. The predicted molar refractivity (Wildman–Crippen MR) is 111 cm³/mol. The first-order valence-corrected chi connectivity index (χ1v) is 10.1. The highest BCUT2D eigenvalue weighted by Crippen LogP contribution is 2.32. The quantitative estimate of drug-likeness (QED) is 0.532. The molecule has 1 atom stereocenters. The van der Waals surface area contributed by atoms with Crippen LogP contribution in [-0.4, -0.2) is 27.3 Å². The Hall–Kier alpha value is -3.49. The van der Waals surface area contributed by atoms with E-state index in [-0.39, 0.29) is 23.1 Å². The molecule has 1 aliphatic heterocycles. The first-order valence-electron chi connectivity index (χ1n) is 10.1. The number of rotatable bonds is 5. The largest absolute Gasteiger partial charge is 0.433 e. The molecule has 0 saturated carbocycles. The van der Waals surface area contributed by atoms with Crippen LogP contribution in [0.4, 0.5) is 23.4 Å². The Kier molecular flexibility index (Phi) is 5.58. The maximum absolute atomic E-state index is 14.8. The Morgan fingerprint density at radius 2 is 1.91 bits per heavy atom. The van der Waals surface area contributed by atoms with Gasteiger partial charge in [-0.25, -0.2) is 9.37 Å². The van der Waals surface area contributed by atoms with E-state index in [2.05, 4.69) is 15.3 Å². The SMILES string of the molecule is CCN1Cc2c(ccnc2N[C@@H](C)c2ccc(-c3ccc(C(F)(F)F)nc3)c(F)c2)C1=O. The number of hydrogen-bond acceptors (Lipinski definition) is 4. The molecule has 1 aliphatic rings. The molecule has 5 nitrogen and oxygen atoms in total. The van der Waals surface area contributed by atoms with Crippen LogP contribution in [0.3, 0.4) is 0 Å². The number of amides is 1. The van der Waals surface area contributed by atoms with Gasteiger partial charge in [-0.15, -0.1) is 0 Å². The summed E-state index contributed by atoms with van der Waals surface area (Å²) in [7, 11) is 0. The number of carbonyl (C=O) groups is 1. The summed E-state index contributed by atoms with van der Waals surface area (Å²) in [5, 5.41) is 3.24. The zero-order valence-electron chi connectivity index (χ0n) is 17.4. The van der Waals surface area contributed by atoms with E-state index in [0.29, 0.717) is 30.0 Å². The molecule has 1 N–H and O–H groups in total. The number of anilines is 1. The molecular formula is C23H20F4N4O. The number of aromatic nitrogens is 2. The number of pyridine rings is 2. The summed E-state index contributed by atoms with van der Waals surface area (Å²) in [5.41, 5.74) is 1.42. The van der Waals surface area contributed by atoms with Crippen LogP contribution in [0.15, 0.2) is 48.8 Å². The highest BCUT2D eigenvalue weighted by molar-refractivity contribution is 5.99. The maximum atomic E-state index is 14.8. The van der Waals surface area contributed by atoms with Crippen LogP contribution >= 0.6 is 0 Å². The first-order chi connectivity index (χ1) is 15.2. The Morgan fingerprint density at radius 3 is 2.53 bits per heavy atom. The molecule has 2 aromatic heterocycles. The third kappa shape index (κ3) is 4.02. The van der Waals surface area contributed by atoms with Gasteiger partial charge in [-0.05, 0) is 37.6 Å². The number of fused-ring (bicyclic) bond motifs is 1. The molecule has 0 aliphatic carbocycles. The molecule has 0 radical (unpaired) electrons. The highest BCUT2D eigenvalue weighted by atomic mass is 19.4. The summed E-state index contributed by atoms with van der Waals surface area (Å²) in [6, 6.07) is 7.93. The molecule has 9 heteroatoms. The summed E-state index contributed by atoms with van der Waals surface area (Å²) in [6.07, 6.45) is -1.98. The molecular weight excluding hydrogens is 424 g/mol. The van der Waals surface area contributed by atoms with Gasteiger partial charge < -0.3 is 10.2 Å². The first kappa shape index (κ1) is 21.7. The van der Waals surface area contributed by atoms with Gasteiger partial charge in [0.2, 0.25) is 0 Å². The normalized spacial score (nSPS) is 14.4. The van der Waals surface area contributed by atoms with Gasteiger partial charge in [-0.2, -0.15) is 13.2 Å². The molecule has 0 saturated heterocycles. The second-order valence-electron chi connectivity index (χ2n) is 7.54. The summed E-state index contributed by atoms with van der Waals surface area (Å²) in [4.78, 5) is 21.8. The average Bonchev–Trinajstić information content (AvgIpc) is 3.10. The van der Waals surface area contributed by atoms with Crippen molar-refractivity contribution in [1.29, 1.82) is 0 Å². The number of halogens is 4. The van der Waals surface area contributed by atoms with Crippen LogP contribution in [-0.2, 0) is 12.7 Å². The Balaban J connectivity index is 1.55. The van der Waals surface area contributed by atoms with Crippen LogP contribution in [0, 0.1) is 5.82 Å². The number of hydrogen-bond donors (Lipinski definition) is 1. The number of nitrogens with zero attached hydrogens (tertiary/aromatic N) is 3.